The minimum Gasteiger partial charge on any atom is -0.384 e. The van der Waals surface area contributed by atoms with Crippen molar-refractivity contribution in [3.05, 3.63) is 82.2 Å². The zero-order valence-electron chi connectivity index (χ0n) is 16.9. The third-order valence-electron chi connectivity index (χ3n) is 5.17. The number of rotatable bonds is 6. The molecule has 0 aliphatic rings. The fourth-order valence-corrected chi connectivity index (χ4v) is 3.85. The predicted molar refractivity (Wildman–Crippen MR) is 119 cm³/mol. The molecule has 0 spiro atoms. The van der Waals surface area contributed by atoms with E-state index >= 15 is 0 Å². The molecule has 152 valence electrons. The molecular formula is C23H22ClN5O. The Bertz CT molecular complexity index is 1220. The first kappa shape index (κ1) is 20.0. The van der Waals surface area contributed by atoms with Crippen molar-refractivity contribution in [3.8, 4) is 0 Å². The number of hydrogen-bond acceptors (Lipinski definition) is 5. The second-order valence-electron chi connectivity index (χ2n) is 7.46. The van der Waals surface area contributed by atoms with Crippen LogP contribution in [0.25, 0.3) is 10.9 Å². The van der Waals surface area contributed by atoms with Gasteiger partial charge in [0.25, 0.3) is 0 Å². The molecule has 4 aromatic rings. The molecule has 0 fully saturated rings. The standard InChI is InChI=1S/C23H22ClN5O/c1-14-7-23(25)28-15(2)19(14)4-6-22(30)21-12-29(13-27-21)11-16-3-5-20-17(8-16)9-18(24)10-26-20/h3,5,7-10,12-13H,4,6,11H2,1-2H3,(H2,25,28). The zero-order chi connectivity index (χ0) is 21.3. The lowest BCUT2D eigenvalue weighted by atomic mass is 10.0. The number of anilines is 1. The number of benzene rings is 1. The number of nitrogens with two attached hydrogens (primary N) is 1. The number of halogens is 1. The quantitative estimate of drug-likeness (QED) is 0.463. The lowest BCUT2D eigenvalue weighted by Gasteiger charge is -2.09. The number of nitrogen functional groups attached to an aromatic ring is 1. The smallest absolute Gasteiger partial charge is 0.183 e. The molecule has 0 atom stereocenters. The van der Waals surface area contributed by atoms with Crippen molar-refractivity contribution in [3.63, 3.8) is 0 Å². The van der Waals surface area contributed by atoms with Gasteiger partial charge in [0, 0.05) is 36.4 Å². The Labute approximate surface area is 179 Å². The van der Waals surface area contributed by atoms with Gasteiger partial charge in [-0.25, -0.2) is 9.97 Å². The van der Waals surface area contributed by atoms with Crippen LogP contribution in [0, 0.1) is 13.8 Å². The summed E-state index contributed by atoms with van der Waals surface area (Å²) in [6.45, 7) is 4.53. The van der Waals surface area contributed by atoms with Crippen molar-refractivity contribution in [1.29, 1.82) is 0 Å². The maximum Gasteiger partial charge on any atom is 0.183 e. The summed E-state index contributed by atoms with van der Waals surface area (Å²) in [7, 11) is 0. The number of nitrogens with zero attached hydrogens (tertiary/aromatic N) is 4. The molecule has 0 bridgehead atoms. The topological polar surface area (TPSA) is 86.7 Å². The van der Waals surface area contributed by atoms with Crippen molar-refractivity contribution >= 4 is 34.1 Å². The molecule has 30 heavy (non-hydrogen) atoms. The minimum absolute atomic E-state index is 0.0128. The molecule has 0 amide bonds. The highest BCUT2D eigenvalue weighted by Crippen LogP contribution is 2.20. The number of imidazole rings is 1. The normalized spacial score (nSPS) is 11.2. The number of aromatic nitrogens is 4. The van der Waals surface area contributed by atoms with Crippen LogP contribution in [-0.4, -0.2) is 25.3 Å². The Morgan fingerprint density at radius 1 is 1.17 bits per heavy atom. The van der Waals surface area contributed by atoms with Gasteiger partial charge in [-0.15, -0.1) is 0 Å². The second kappa shape index (κ2) is 8.24. The largest absolute Gasteiger partial charge is 0.384 e. The van der Waals surface area contributed by atoms with Crippen molar-refractivity contribution in [2.24, 2.45) is 0 Å². The van der Waals surface area contributed by atoms with Crippen LogP contribution in [0.2, 0.25) is 5.02 Å². The molecule has 0 unspecified atom stereocenters. The van der Waals surface area contributed by atoms with Crippen molar-refractivity contribution in [2.75, 3.05) is 5.73 Å². The number of aryl methyl sites for hydroxylation is 2. The summed E-state index contributed by atoms with van der Waals surface area (Å²) in [5, 5.41) is 1.59. The van der Waals surface area contributed by atoms with Gasteiger partial charge in [0.2, 0.25) is 0 Å². The lowest BCUT2D eigenvalue weighted by Crippen LogP contribution is -2.06. The molecule has 0 radical (unpaired) electrons. The average molecular weight is 420 g/mol. The fourth-order valence-electron chi connectivity index (χ4n) is 3.69. The Hall–Kier alpha value is -3.25. The van der Waals surface area contributed by atoms with E-state index in [2.05, 4.69) is 21.0 Å². The first-order valence-corrected chi connectivity index (χ1v) is 10.1. The van der Waals surface area contributed by atoms with E-state index in [0.29, 0.717) is 35.9 Å². The van der Waals surface area contributed by atoms with Gasteiger partial charge in [0.15, 0.2) is 5.78 Å². The summed E-state index contributed by atoms with van der Waals surface area (Å²) in [6.07, 6.45) is 6.12. The van der Waals surface area contributed by atoms with Gasteiger partial charge in [0.1, 0.15) is 11.5 Å². The first-order valence-electron chi connectivity index (χ1n) is 9.71. The molecular weight excluding hydrogens is 398 g/mol. The molecule has 3 heterocycles. The highest BCUT2D eigenvalue weighted by atomic mass is 35.5. The van der Waals surface area contributed by atoms with Crippen LogP contribution in [0.4, 0.5) is 5.82 Å². The number of ketones is 1. The van der Waals surface area contributed by atoms with Crippen molar-refractivity contribution in [1.82, 2.24) is 19.5 Å². The molecule has 7 heteroatoms. The van der Waals surface area contributed by atoms with E-state index in [4.69, 9.17) is 17.3 Å². The Kier molecular flexibility index (Phi) is 5.50. The molecule has 4 rings (SSSR count). The third-order valence-corrected chi connectivity index (χ3v) is 5.38. The molecule has 0 aliphatic heterocycles. The second-order valence-corrected chi connectivity index (χ2v) is 7.90. The van der Waals surface area contributed by atoms with Gasteiger partial charge < -0.3 is 10.3 Å². The van der Waals surface area contributed by atoms with Crippen LogP contribution in [0.15, 0.2) is 49.1 Å². The molecule has 1 aromatic carbocycles. The Morgan fingerprint density at radius 3 is 2.80 bits per heavy atom. The number of carbonyl (C=O) groups excluding carboxylic acids is 1. The summed E-state index contributed by atoms with van der Waals surface area (Å²) in [5.41, 5.74) is 11.2. The molecule has 0 saturated carbocycles. The van der Waals surface area contributed by atoms with E-state index in [1.165, 1.54) is 0 Å². The maximum atomic E-state index is 12.6. The van der Waals surface area contributed by atoms with Crippen LogP contribution >= 0.6 is 11.6 Å². The summed E-state index contributed by atoms with van der Waals surface area (Å²) >= 11 is 6.05. The van der Waals surface area contributed by atoms with Gasteiger partial charge >= 0.3 is 0 Å². The predicted octanol–water partition coefficient (Wildman–Crippen LogP) is 4.54. The lowest BCUT2D eigenvalue weighted by molar-refractivity contribution is 0.0978. The number of carbonyl (C=O) groups is 1. The monoisotopic (exact) mass is 419 g/mol. The summed E-state index contributed by atoms with van der Waals surface area (Å²) in [5.74, 6) is 0.518. The van der Waals surface area contributed by atoms with Gasteiger partial charge in [-0.05, 0) is 61.2 Å². The highest BCUT2D eigenvalue weighted by Gasteiger charge is 2.13. The van der Waals surface area contributed by atoms with E-state index in [1.807, 2.05) is 42.7 Å². The highest BCUT2D eigenvalue weighted by molar-refractivity contribution is 6.31. The van der Waals surface area contributed by atoms with Crippen molar-refractivity contribution < 1.29 is 4.79 Å². The van der Waals surface area contributed by atoms with Crippen LogP contribution in [0.3, 0.4) is 0 Å². The average Bonchev–Trinajstić information content (AvgIpc) is 3.15. The Morgan fingerprint density at radius 2 is 2.00 bits per heavy atom. The maximum absolute atomic E-state index is 12.6. The van der Waals surface area contributed by atoms with Crippen molar-refractivity contribution in [2.45, 2.75) is 33.2 Å². The van der Waals surface area contributed by atoms with E-state index in [1.54, 1.807) is 18.7 Å². The number of hydrogen-bond donors (Lipinski definition) is 1. The van der Waals surface area contributed by atoms with Gasteiger partial charge in [0.05, 0.1) is 16.9 Å². The Balaban J connectivity index is 1.44. The molecule has 0 saturated heterocycles. The summed E-state index contributed by atoms with van der Waals surface area (Å²) in [6, 6.07) is 9.77. The summed E-state index contributed by atoms with van der Waals surface area (Å²) < 4.78 is 1.91. The summed E-state index contributed by atoms with van der Waals surface area (Å²) in [4.78, 5) is 25.6. The van der Waals surface area contributed by atoms with Crippen LogP contribution < -0.4 is 5.73 Å². The number of Topliss-reactive ketones (excluding diaryl/α,β-unsaturated/α-hetero) is 1. The molecule has 3 aromatic heterocycles. The van der Waals surface area contributed by atoms with Crippen LogP contribution in [0.1, 0.15) is 39.3 Å². The number of fused-ring (bicyclic) bond motifs is 1. The van der Waals surface area contributed by atoms with E-state index in [0.717, 1.165) is 33.3 Å². The first-order chi connectivity index (χ1) is 14.4. The van der Waals surface area contributed by atoms with Gasteiger partial charge in [-0.2, -0.15) is 0 Å². The zero-order valence-corrected chi connectivity index (χ0v) is 17.6. The van der Waals surface area contributed by atoms with E-state index < -0.39 is 0 Å². The molecule has 6 nitrogen and oxygen atoms in total. The number of pyridine rings is 2. The third kappa shape index (κ3) is 4.33. The van der Waals surface area contributed by atoms with Gasteiger partial charge in [-0.1, -0.05) is 17.7 Å². The van der Waals surface area contributed by atoms with Gasteiger partial charge in [-0.3, -0.25) is 9.78 Å². The molecule has 0 aliphatic carbocycles. The fraction of sp³-hybridized carbons (Fsp3) is 0.217. The van der Waals surface area contributed by atoms with E-state index in [-0.39, 0.29) is 5.78 Å². The minimum atomic E-state index is 0.0128. The van der Waals surface area contributed by atoms with Crippen LogP contribution in [0.5, 0.6) is 0 Å². The SMILES string of the molecule is Cc1cc(N)nc(C)c1CCC(=O)c1cn(Cc2ccc3ncc(Cl)cc3c2)cn1. The van der Waals surface area contributed by atoms with E-state index in [9.17, 15) is 4.79 Å². The molecule has 2 N–H and O–H groups in total. The van der Waals surface area contributed by atoms with Crippen LogP contribution in [-0.2, 0) is 13.0 Å².